The lowest BCUT2D eigenvalue weighted by Crippen LogP contribution is -2.25. The molecule has 0 saturated carbocycles. The van der Waals surface area contributed by atoms with Crippen molar-refractivity contribution < 1.29 is 4.52 Å². The van der Waals surface area contributed by atoms with Crippen LogP contribution in [0.15, 0.2) is 22.7 Å². The van der Waals surface area contributed by atoms with Crippen molar-refractivity contribution in [3.63, 3.8) is 0 Å². The van der Waals surface area contributed by atoms with Crippen LogP contribution in [0.3, 0.4) is 0 Å². The summed E-state index contributed by atoms with van der Waals surface area (Å²) >= 11 is 0. The van der Waals surface area contributed by atoms with Gasteiger partial charge in [-0.15, -0.1) is 0 Å². The maximum atomic E-state index is 5.51. The van der Waals surface area contributed by atoms with Crippen LogP contribution in [0.1, 0.15) is 5.56 Å². The van der Waals surface area contributed by atoms with E-state index in [1.165, 1.54) is 5.56 Å². The van der Waals surface area contributed by atoms with E-state index >= 15 is 0 Å². The van der Waals surface area contributed by atoms with Crippen LogP contribution >= 0.6 is 0 Å². The van der Waals surface area contributed by atoms with Crippen LogP contribution in [0.4, 0.5) is 5.82 Å². The molecule has 15 heavy (non-hydrogen) atoms. The van der Waals surface area contributed by atoms with E-state index in [2.05, 4.69) is 18.1 Å². The van der Waals surface area contributed by atoms with Crippen LogP contribution in [0, 0.1) is 6.92 Å². The first-order valence-electron chi connectivity index (χ1n) is 4.99. The van der Waals surface area contributed by atoms with Gasteiger partial charge in [0.05, 0.1) is 5.39 Å². The number of nitrogens with two attached hydrogens (primary N) is 1. The van der Waals surface area contributed by atoms with Crippen LogP contribution in [-0.2, 0) is 0 Å². The van der Waals surface area contributed by atoms with Gasteiger partial charge in [0.2, 0.25) is 0 Å². The molecule has 1 aromatic carbocycles. The Morgan fingerprint density at radius 2 is 2.27 bits per heavy atom. The molecule has 0 aliphatic rings. The minimum atomic E-state index is 0.608. The lowest BCUT2D eigenvalue weighted by Gasteiger charge is -2.14. The molecule has 0 atom stereocenters. The van der Waals surface area contributed by atoms with E-state index in [1.54, 1.807) is 0 Å². The third kappa shape index (κ3) is 1.80. The highest BCUT2D eigenvalue weighted by Crippen LogP contribution is 2.25. The number of hydrogen-bond acceptors (Lipinski definition) is 4. The molecule has 2 rings (SSSR count). The average molecular weight is 205 g/mol. The highest BCUT2D eigenvalue weighted by atomic mass is 16.5. The normalized spacial score (nSPS) is 10.9. The second-order valence-corrected chi connectivity index (χ2v) is 3.72. The summed E-state index contributed by atoms with van der Waals surface area (Å²) in [6.45, 7) is 3.44. The Morgan fingerprint density at radius 1 is 1.47 bits per heavy atom. The molecule has 2 aromatic rings. The topological polar surface area (TPSA) is 55.3 Å². The smallest absolute Gasteiger partial charge is 0.179 e. The highest BCUT2D eigenvalue weighted by Gasteiger charge is 2.11. The van der Waals surface area contributed by atoms with Gasteiger partial charge in [-0.3, -0.25) is 0 Å². The molecular weight excluding hydrogens is 190 g/mol. The Bertz CT molecular complexity index is 464. The van der Waals surface area contributed by atoms with E-state index in [0.29, 0.717) is 6.54 Å². The van der Waals surface area contributed by atoms with Crippen LogP contribution in [0.2, 0.25) is 0 Å². The quantitative estimate of drug-likeness (QED) is 0.825. The summed E-state index contributed by atoms with van der Waals surface area (Å²) in [7, 11) is 1.96. The molecule has 1 aromatic heterocycles. The Labute approximate surface area is 88.6 Å². The van der Waals surface area contributed by atoms with Crippen LogP contribution in [0.25, 0.3) is 11.0 Å². The van der Waals surface area contributed by atoms with E-state index < -0.39 is 0 Å². The summed E-state index contributed by atoms with van der Waals surface area (Å²) in [6.07, 6.45) is 0. The molecule has 4 nitrogen and oxygen atoms in total. The van der Waals surface area contributed by atoms with Crippen molar-refractivity contribution in [1.82, 2.24) is 5.16 Å². The van der Waals surface area contributed by atoms with Gasteiger partial charge in [-0.1, -0.05) is 16.8 Å². The number of likely N-dealkylation sites (N-methyl/N-ethyl adjacent to an activating group) is 1. The second kappa shape index (κ2) is 3.90. The maximum Gasteiger partial charge on any atom is 0.179 e. The molecule has 80 valence electrons. The van der Waals surface area contributed by atoms with Gasteiger partial charge < -0.3 is 15.2 Å². The molecule has 2 N–H and O–H groups in total. The Kier molecular flexibility index (Phi) is 2.60. The number of fused-ring (bicyclic) bond motifs is 1. The molecule has 0 spiro atoms. The van der Waals surface area contributed by atoms with Crippen molar-refractivity contribution in [2.75, 3.05) is 25.0 Å². The largest absolute Gasteiger partial charge is 0.355 e. The van der Waals surface area contributed by atoms with Crippen LogP contribution in [-0.4, -0.2) is 25.3 Å². The summed E-state index contributed by atoms with van der Waals surface area (Å²) < 4.78 is 5.24. The minimum Gasteiger partial charge on any atom is -0.355 e. The van der Waals surface area contributed by atoms with Gasteiger partial charge in [-0.2, -0.15) is 0 Å². The van der Waals surface area contributed by atoms with Gasteiger partial charge in [0.15, 0.2) is 11.4 Å². The lowest BCUT2D eigenvalue weighted by molar-refractivity contribution is 0.456. The van der Waals surface area contributed by atoms with Crippen molar-refractivity contribution >= 4 is 16.8 Å². The summed E-state index contributed by atoms with van der Waals surface area (Å²) in [5, 5.41) is 5.10. The molecule has 0 amide bonds. The summed E-state index contributed by atoms with van der Waals surface area (Å²) in [4.78, 5) is 2.01. The molecule has 4 heteroatoms. The van der Waals surface area contributed by atoms with Gasteiger partial charge in [-0.05, 0) is 19.1 Å². The fraction of sp³-hybridized carbons (Fsp3) is 0.364. The first-order chi connectivity index (χ1) is 7.22. The number of aryl methyl sites for hydroxylation is 1. The zero-order chi connectivity index (χ0) is 10.8. The summed E-state index contributed by atoms with van der Waals surface area (Å²) in [6, 6.07) is 6.03. The molecule has 0 aliphatic heterocycles. The first-order valence-corrected chi connectivity index (χ1v) is 4.99. The fourth-order valence-electron chi connectivity index (χ4n) is 1.61. The van der Waals surface area contributed by atoms with Crippen molar-refractivity contribution in [2.24, 2.45) is 5.73 Å². The van der Waals surface area contributed by atoms with Crippen molar-refractivity contribution in [3.05, 3.63) is 23.8 Å². The van der Waals surface area contributed by atoms with E-state index in [1.807, 2.05) is 24.1 Å². The van der Waals surface area contributed by atoms with Crippen LogP contribution < -0.4 is 10.6 Å². The monoisotopic (exact) mass is 205 g/mol. The molecule has 0 saturated heterocycles. The second-order valence-electron chi connectivity index (χ2n) is 3.72. The maximum absolute atomic E-state index is 5.51. The van der Waals surface area contributed by atoms with Gasteiger partial charge in [-0.25, -0.2) is 0 Å². The van der Waals surface area contributed by atoms with Crippen molar-refractivity contribution in [1.29, 1.82) is 0 Å². The van der Waals surface area contributed by atoms with Gasteiger partial charge in [0, 0.05) is 20.1 Å². The Balaban J connectivity index is 2.47. The van der Waals surface area contributed by atoms with Gasteiger partial charge >= 0.3 is 0 Å². The Hall–Kier alpha value is -1.55. The number of nitrogens with zero attached hydrogens (tertiary/aromatic N) is 2. The van der Waals surface area contributed by atoms with E-state index in [0.717, 1.165) is 23.3 Å². The summed E-state index contributed by atoms with van der Waals surface area (Å²) in [5.41, 5.74) is 7.53. The van der Waals surface area contributed by atoms with E-state index in [9.17, 15) is 0 Å². The number of aromatic nitrogens is 1. The first kappa shape index (κ1) is 9.98. The minimum absolute atomic E-state index is 0.608. The predicted octanol–water partition coefficient (Wildman–Crippen LogP) is 1.53. The summed E-state index contributed by atoms with van der Waals surface area (Å²) in [5.74, 6) is 0.860. The third-order valence-corrected chi connectivity index (χ3v) is 2.43. The standard InChI is InChI=1S/C11H15N3O/c1-8-3-4-10-9(7-8)11(13-15-10)14(2)6-5-12/h3-4,7H,5-6,12H2,1-2H3. The lowest BCUT2D eigenvalue weighted by atomic mass is 10.2. The fourth-order valence-corrected chi connectivity index (χ4v) is 1.61. The average Bonchev–Trinajstić information content (AvgIpc) is 2.60. The predicted molar refractivity (Wildman–Crippen MR) is 61.1 cm³/mol. The third-order valence-electron chi connectivity index (χ3n) is 2.43. The van der Waals surface area contributed by atoms with Gasteiger partial charge in [0.25, 0.3) is 0 Å². The van der Waals surface area contributed by atoms with E-state index in [4.69, 9.17) is 10.3 Å². The molecule has 0 radical (unpaired) electrons. The number of anilines is 1. The molecule has 0 bridgehead atoms. The molecular formula is C11H15N3O. The SMILES string of the molecule is Cc1ccc2onc(N(C)CCN)c2c1. The number of benzene rings is 1. The zero-order valence-corrected chi connectivity index (χ0v) is 9.03. The molecule has 1 heterocycles. The molecule has 0 aliphatic carbocycles. The Morgan fingerprint density at radius 3 is 3.00 bits per heavy atom. The zero-order valence-electron chi connectivity index (χ0n) is 9.03. The van der Waals surface area contributed by atoms with Crippen molar-refractivity contribution in [3.8, 4) is 0 Å². The molecule has 0 unspecified atom stereocenters. The highest BCUT2D eigenvalue weighted by molar-refractivity contribution is 5.88. The van der Waals surface area contributed by atoms with Crippen LogP contribution in [0.5, 0.6) is 0 Å². The number of rotatable bonds is 3. The number of hydrogen-bond donors (Lipinski definition) is 1. The van der Waals surface area contributed by atoms with Crippen molar-refractivity contribution in [2.45, 2.75) is 6.92 Å². The van der Waals surface area contributed by atoms with E-state index in [-0.39, 0.29) is 0 Å². The molecule has 0 fully saturated rings. The van der Waals surface area contributed by atoms with Gasteiger partial charge in [0.1, 0.15) is 0 Å².